The van der Waals surface area contributed by atoms with Crippen molar-refractivity contribution in [2.24, 2.45) is 0 Å². The number of benzene rings is 2. The van der Waals surface area contributed by atoms with Crippen molar-refractivity contribution in [1.29, 1.82) is 0 Å². The molecule has 0 saturated carbocycles. The first-order valence-corrected chi connectivity index (χ1v) is 6.73. The van der Waals surface area contributed by atoms with Crippen LogP contribution in [0.5, 0.6) is 5.75 Å². The van der Waals surface area contributed by atoms with Gasteiger partial charge in [-0.15, -0.1) is 0 Å². The van der Waals surface area contributed by atoms with Crippen LogP contribution < -0.4 is 10.1 Å². The number of nitrogens with one attached hydrogen (secondary N) is 1. The van der Waals surface area contributed by atoms with Crippen LogP contribution in [0.3, 0.4) is 0 Å². The van der Waals surface area contributed by atoms with Gasteiger partial charge in [-0.05, 0) is 25.0 Å². The van der Waals surface area contributed by atoms with E-state index in [4.69, 9.17) is 4.74 Å². The lowest BCUT2D eigenvalue weighted by Gasteiger charge is -2.16. The molecule has 0 radical (unpaired) electrons. The van der Waals surface area contributed by atoms with E-state index >= 15 is 0 Å². The zero-order valence-corrected chi connectivity index (χ0v) is 12.1. The third kappa shape index (κ3) is 3.95. The fraction of sp³-hybridized carbons (Fsp3) is 0.250. The maximum absolute atomic E-state index is 11.1. The maximum Gasteiger partial charge on any atom is 0.292 e. The van der Waals surface area contributed by atoms with Crippen molar-refractivity contribution in [2.75, 3.05) is 12.4 Å². The molecule has 2 aromatic rings. The van der Waals surface area contributed by atoms with Gasteiger partial charge in [0, 0.05) is 18.2 Å². The van der Waals surface area contributed by atoms with Gasteiger partial charge in [0.15, 0.2) is 0 Å². The first-order chi connectivity index (χ1) is 10.1. The first-order valence-electron chi connectivity index (χ1n) is 6.73. The molecule has 2 rings (SSSR count). The van der Waals surface area contributed by atoms with E-state index in [1.54, 1.807) is 19.2 Å². The van der Waals surface area contributed by atoms with Crippen molar-refractivity contribution in [3.63, 3.8) is 0 Å². The summed E-state index contributed by atoms with van der Waals surface area (Å²) in [7, 11) is 1.54. The molecule has 0 aromatic heterocycles. The summed E-state index contributed by atoms with van der Waals surface area (Å²) in [5.41, 5.74) is 1.71. The number of rotatable bonds is 6. The van der Waals surface area contributed by atoms with Gasteiger partial charge in [-0.2, -0.15) is 0 Å². The lowest BCUT2D eigenvalue weighted by molar-refractivity contribution is -0.384. The Morgan fingerprint density at radius 1 is 1.24 bits per heavy atom. The third-order valence-corrected chi connectivity index (χ3v) is 3.19. The van der Waals surface area contributed by atoms with Crippen LogP contribution in [-0.2, 0) is 6.42 Å². The van der Waals surface area contributed by atoms with Crippen LogP contribution in [0.15, 0.2) is 48.5 Å². The van der Waals surface area contributed by atoms with Gasteiger partial charge in [0.2, 0.25) is 0 Å². The number of anilines is 1. The molecule has 0 spiro atoms. The summed E-state index contributed by atoms with van der Waals surface area (Å²) >= 11 is 0. The second kappa shape index (κ2) is 6.74. The van der Waals surface area contributed by atoms with Crippen molar-refractivity contribution in [2.45, 2.75) is 19.4 Å². The summed E-state index contributed by atoms with van der Waals surface area (Å²) in [5, 5.41) is 14.3. The highest BCUT2D eigenvalue weighted by Gasteiger charge is 2.16. The maximum atomic E-state index is 11.1. The average Bonchev–Trinajstić information content (AvgIpc) is 2.47. The van der Waals surface area contributed by atoms with E-state index in [9.17, 15) is 10.1 Å². The zero-order valence-electron chi connectivity index (χ0n) is 12.1. The van der Waals surface area contributed by atoms with Crippen LogP contribution in [0.4, 0.5) is 11.4 Å². The standard InChI is InChI=1S/C16H18N2O3/c1-12(10-13-6-4-3-5-7-13)17-15-11-14(21-2)8-9-16(15)18(19)20/h3-9,11-12,17H,10H2,1-2H3. The minimum absolute atomic E-state index is 0.0516. The molecule has 0 fully saturated rings. The molecule has 0 bridgehead atoms. The SMILES string of the molecule is COc1ccc([N+](=O)[O-])c(NC(C)Cc2ccccc2)c1. The minimum Gasteiger partial charge on any atom is -0.497 e. The van der Waals surface area contributed by atoms with Crippen molar-refractivity contribution in [3.8, 4) is 5.75 Å². The average molecular weight is 286 g/mol. The van der Waals surface area contributed by atoms with Crippen LogP contribution in [0.1, 0.15) is 12.5 Å². The molecule has 0 heterocycles. The second-order valence-corrected chi connectivity index (χ2v) is 4.88. The Morgan fingerprint density at radius 2 is 1.95 bits per heavy atom. The number of hydrogen-bond acceptors (Lipinski definition) is 4. The molecular formula is C16H18N2O3. The van der Waals surface area contributed by atoms with E-state index < -0.39 is 4.92 Å². The summed E-state index contributed by atoms with van der Waals surface area (Å²) in [5.74, 6) is 0.593. The van der Waals surface area contributed by atoms with Crippen LogP contribution in [0.2, 0.25) is 0 Å². The van der Waals surface area contributed by atoms with E-state index in [2.05, 4.69) is 5.32 Å². The first kappa shape index (κ1) is 14.8. The highest BCUT2D eigenvalue weighted by Crippen LogP contribution is 2.29. The van der Waals surface area contributed by atoms with Crippen LogP contribution >= 0.6 is 0 Å². The van der Waals surface area contributed by atoms with Gasteiger partial charge >= 0.3 is 0 Å². The number of nitro benzene ring substituents is 1. The van der Waals surface area contributed by atoms with E-state index in [0.717, 1.165) is 6.42 Å². The molecule has 1 atom stereocenters. The Bertz CT molecular complexity index is 614. The molecule has 1 N–H and O–H groups in total. The quantitative estimate of drug-likeness (QED) is 0.650. The molecule has 0 aliphatic rings. The monoisotopic (exact) mass is 286 g/mol. The van der Waals surface area contributed by atoms with Crippen molar-refractivity contribution >= 4 is 11.4 Å². The van der Waals surface area contributed by atoms with Gasteiger partial charge in [0.25, 0.3) is 5.69 Å². The zero-order chi connectivity index (χ0) is 15.2. The van der Waals surface area contributed by atoms with Crippen molar-refractivity contribution in [1.82, 2.24) is 0 Å². The van der Waals surface area contributed by atoms with Gasteiger partial charge in [-0.25, -0.2) is 0 Å². The van der Waals surface area contributed by atoms with E-state index in [0.29, 0.717) is 11.4 Å². The van der Waals surface area contributed by atoms with Gasteiger partial charge in [0.05, 0.1) is 12.0 Å². The third-order valence-electron chi connectivity index (χ3n) is 3.19. The predicted molar refractivity (Wildman–Crippen MR) is 82.9 cm³/mol. The summed E-state index contributed by atoms with van der Waals surface area (Å²) in [4.78, 5) is 10.7. The second-order valence-electron chi connectivity index (χ2n) is 4.88. The number of nitrogens with zero attached hydrogens (tertiary/aromatic N) is 1. The molecule has 5 heteroatoms. The minimum atomic E-state index is -0.392. The number of methoxy groups -OCH3 is 1. The summed E-state index contributed by atoms with van der Waals surface area (Å²) in [6.45, 7) is 2.00. The molecule has 2 aromatic carbocycles. The predicted octanol–water partition coefficient (Wildman–Crippen LogP) is 3.65. The van der Waals surface area contributed by atoms with Gasteiger partial charge in [-0.1, -0.05) is 30.3 Å². The largest absolute Gasteiger partial charge is 0.497 e. The molecule has 5 nitrogen and oxygen atoms in total. The van der Waals surface area contributed by atoms with Gasteiger partial charge in [0.1, 0.15) is 11.4 Å². The molecule has 0 saturated heterocycles. The van der Waals surface area contributed by atoms with E-state index in [1.807, 2.05) is 37.3 Å². The Labute approximate surface area is 123 Å². The summed E-state index contributed by atoms with van der Waals surface area (Å²) in [6.07, 6.45) is 0.787. The Balaban J connectivity index is 2.15. The van der Waals surface area contributed by atoms with E-state index in [1.165, 1.54) is 11.6 Å². The highest BCUT2D eigenvalue weighted by molar-refractivity contribution is 5.64. The van der Waals surface area contributed by atoms with Gasteiger partial charge in [-0.3, -0.25) is 10.1 Å². The van der Waals surface area contributed by atoms with Crippen molar-refractivity contribution < 1.29 is 9.66 Å². The number of hydrogen-bond donors (Lipinski definition) is 1. The molecule has 1 unspecified atom stereocenters. The van der Waals surface area contributed by atoms with Crippen LogP contribution in [0.25, 0.3) is 0 Å². The van der Waals surface area contributed by atoms with E-state index in [-0.39, 0.29) is 11.7 Å². The molecule has 21 heavy (non-hydrogen) atoms. The molecular weight excluding hydrogens is 268 g/mol. The number of nitro groups is 1. The topological polar surface area (TPSA) is 64.4 Å². The lowest BCUT2D eigenvalue weighted by Crippen LogP contribution is -2.18. The summed E-state index contributed by atoms with van der Waals surface area (Å²) < 4.78 is 5.13. The Morgan fingerprint density at radius 3 is 2.57 bits per heavy atom. The smallest absolute Gasteiger partial charge is 0.292 e. The highest BCUT2D eigenvalue weighted by atomic mass is 16.6. The number of ether oxygens (including phenoxy) is 1. The molecule has 0 amide bonds. The van der Waals surface area contributed by atoms with Crippen molar-refractivity contribution in [3.05, 3.63) is 64.2 Å². The van der Waals surface area contributed by atoms with Crippen LogP contribution in [0, 0.1) is 10.1 Å². The van der Waals surface area contributed by atoms with Crippen LogP contribution in [-0.4, -0.2) is 18.1 Å². The normalized spacial score (nSPS) is 11.7. The Kier molecular flexibility index (Phi) is 4.77. The lowest BCUT2D eigenvalue weighted by atomic mass is 10.1. The molecule has 0 aliphatic heterocycles. The molecule has 0 aliphatic carbocycles. The Hall–Kier alpha value is -2.56. The van der Waals surface area contributed by atoms with Gasteiger partial charge < -0.3 is 10.1 Å². The molecule has 110 valence electrons. The fourth-order valence-corrected chi connectivity index (χ4v) is 2.20. The summed E-state index contributed by atoms with van der Waals surface area (Å²) in [6, 6.07) is 14.8. The fourth-order valence-electron chi connectivity index (χ4n) is 2.20.